The maximum Gasteiger partial charge on any atom is 0.305 e. The van der Waals surface area contributed by atoms with Crippen LogP contribution in [0.4, 0.5) is 0 Å². The second kappa shape index (κ2) is 5.08. The molecule has 1 aromatic rings. The molecule has 3 N–H and O–H groups in total. The van der Waals surface area contributed by atoms with Crippen molar-refractivity contribution in [3.05, 3.63) is 11.9 Å². The van der Waals surface area contributed by atoms with Crippen molar-refractivity contribution >= 4 is 11.9 Å². The number of nitrogens with zero attached hydrogens (tertiary/aromatic N) is 2. The molecule has 0 spiro atoms. The number of hydrogen-bond donors (Lipinski definition) is 3. The van der Waals surface area contributed by atoms with E-state index in [1.165, 1.54) is 6.20 Å². The molecule has 1 amide bonds. The second-order valence-corrected chi connectivity index (χ2v) is 3.03. The van der Waals surface area contributed by atoms with E-state index in [0.717, 1.165) is 0 Å². The summed E-state index contributed by atoms with van der Waals surface area (Å²) in [5.74, 6) is -1.36. The molecule has 0 aliphatic heterocycles. The number of carboxylic acids is 1. The summed E-state index contributed by atoms with van der Waals surface area (Å²) in [6.45, 7) is 1.80. The average Bonchev–Trinajstić information content (AvgIpc) is 2.68. The molecule has 7 heteroatoms. The fraction of sp³-hybridized carbons (Fsp3) is 0.500. The lowest BCUT2D eigenvalue weighted by molar-refractivity contribution is -0.137. The Labute approximate surface area is 85.9 Å². The molecule has 0 aliphatic rings. The molecule has 0 bridgehead atoms. The zero-order valence-electron chi connectivity index (χ0n) is 8.23. The van der Waals surface area contributed by atoms with Crippen molar-refractivity contribution in [3.8, 4) is 0 Å². The summed E-state index contributed by atoms with van der Waals surface area (Å²) in [5.41, 5.74) is 0.152. The molecule has 0 aliphatic carbocycles. The Morgan fingerprint density at radius 2 is 2.40 bits per heavy atom. The Balaban J connectivity index is 2.52. The predicted octanol–water partition coefficient (Wildman–Crippen LogP) is -0.212. The van der Waals surface area contributed by atoms with E-state index in [9.17, 15) is 9.59 Å². The molecular weight excluding hydrogens is 200 g/mol. The number of carbonyl (C=O) groups excluding carboxylic acids is 1. The Morgan fingerprint density at radius 3 is 2.87 bits per heavy atom. The molecule has 0 saturated heterocycles. The first-order valence-corrected chi connectivity index (χ1v) is 4.52. The molecule has 1 rings (SSSR count). The molecule has 82 valence electrons. The van der Waals surface area contributed by atoms with Gasteiger partial charge in [-0.25, -0.2) is 0 Å². The van der Waals surface area contributed by atoms with Gasteiger partial charge in [0.15, 0.2) is 5.69 Å². The zero-order chi connectivity index (χ0) is 11.3. The first kappa shape index (κ1) is 11.2. The standard InChI is InChI=1S/C8H12N4O3/c1-2-5(3-7(13)14)10-8(15)6-4-9-12-11-6/h4-5H,2-3H2,1H3,(H,10,15)(H,13,14)(H,9,11,12). The van der Waals surface area contributed by atoms with E-state index >= 15 is 0 Å². The summed E-state index contributed by atoms with van der Waals surface area (Å²) >= 11 is 0. The monoisotopic (exact) mass is 212 g/mol. The van der Waals surface area contributed by atoms with E-state index in [0.29, 0.717) is 6.42 Å². The highest BCUT2D eigenvalue weighted by Crippen LogP contribution is 1.99. The largest absolute Gasteiger partial charge is 0.481 e. The Bertz CT molecular complexity index is 336. The zero-order valence-corrected chi connectivity index (χ0v) is 8.23. The number of carbonyl (C=O) groups is 2. The fourth-order valence-corrected chi connectivity index (χ4v) is 1.08. The van der Waals surface area contributed by atoms with Crippen molar-refractivity contribution < 1.29 is 14.7 Å². The summed E-state index contributed by atoms with van der Waals surface area (Å²) in [5, 5.41) is 20.5. The fourth-order valence-electron chi connectivity index (χ4n) is 1.08. The lowest BCUT2D eigenvalue weighted by Gasteiger charge is -2.13. The molecule has 0 aromatic carbocycles. The molecule has 1 aromatic heterocycles. The molecule has 1 unspecified atom stereocenters. The van der Waals surface area contributed by atoms with Crippen molar-refractivity contribution in [2.45, 2.75) is 25.8 Å². The number of aromatic amines is 1. The molecule has 15 heavy (non-hydrogen) atoms. The summed E-state index contributed by atoms with van der Waals surface area (Å²) < 4.78 is 0. The van der Waals surface area contributed by atoms with Crippen LogP contribution in [0.3, 0.4) is 0 Å². The van der Waals surface area contributed by atoms with Crippen LogP contribution in [0.5, 0.6) is 0 Å². The first-order chi connectivity index (χ1) is 7.13. The van der Waals surface area contributed by atoms with Crippen LogP contribution in [0.1, 0.15) is 30.3 Å². The molecule has 0 saturated carbocycles. The van der Waals surface area contributed by atoms with Gasteiger partial charge < -0.3 is 10.4 Å². The predicted molar refractivity (Wildman–Crippen MR) is 50.2 cm³/mol. The van der Waals surface area contributed by atoms with Crippen LogP contribution in [-0.4, -0.2) is 38.4 Å². The van der Waals surface area contributed by atoms with Gasteiger partial charge in [-0.05, 0) is 6.42 Å². The summed E-state index contributed by atoms with van der Waals surface area (Å²) in [4.78, 5) is 21.9. The number of nitrogens with one attached hydrogen (secondary N) is 2. The van der Waals surface area contributed by atoms with Gasteiger partial charge in [-0.2, -0.15) is 15.4 Å². The molecule has 7 nitrogen and oxygen atoms in total. The van der Waals surface area contributed by atoms with E-state index < -0.39 is 11.9 Å². The van der Waals surface area contributed by atoms with Gasteiger partial charge in [0, 0.05) is 6.04 Å². The highest BCUT2D eigenvalue weighted by Gasteiger charge is 2.16. The average molecular weight is 212 g/mol. The normalized spacial score (nSPS) is 12.1. The maximum atomic E-state index is 11.4. The smallest absolute Gasteiger partial charge is 0.305 e. The van der Waals surface area contributed by atoms with Crippen molar-refractivity contribution in [3.63, 3.8) is 0 Å². The number of hydrogen-bond acceptors (Lipinski definition) is 4. The van der Waals surface area contributed by atoms with E-state index in [-0.39, 0.29) is 18.2 Å². The van der Waals surface area contributed by atoms with Gasteiger partial charge in [0.2, 0.25) is 0 Å². The first-order valence-electron chi connectivity index (χ1n) is 4.52. The summed E-state index contributed by atoms with van der Waals surface area (Å²) in [6, 6.07) is -0.383. The number of rotatable bonds is 5. The molecule has 0 radical (unpaired) electrons. The molecule has 0 fully saturated rings. The Kier molecular flexibility index (Phi) is 3.78. The highest BCUT2D eigenvalue weighted by molar-refractivity contribution is 5.92. The molecule has 1 atom stereocenters. The Hall–Kier alpha value is -1.92. The van der Waals surface area contributed by atoms with Crippen LogP contribution in [-0.2, 0) is 4.79 Å². The minimum absolute atomic E-state index is 0.0971. The van der Waals surface area contributed by atoms with Crippen LogP contribution in [0.2, 0.25) is 0 Å². The number of aromatic nitrogens is 3. The second-order valence-electron chi connectivity index (χ2n) is 3.03. The van der Waals surface area contributed by atoms with Gasteiger partial charge in [-0.1, -0.05) is 6.92 Å². The van der Waals surface area contributed by atoms with Gasteiger partial charge in [0.05, 0.1) is 12.6 Å². The van der Waals surface area contributed by atoms with Crippen LogP contribution >= 0.6 is 0 Å². The number of aliphatic carboxylic acids is 1. The third-order valence-corrected chi connectivity index (χ3v) is 1.90. The van der Waals surface area contributed by atoms with Crippen molar-refractivity contribution in [2.75, 3.05) is 0 Å². The minimum atomic E-state index is -0.942. The summed E-state index contributed by atoms with van der Waals surface area (Å²) in [7, 11) is 0. The molecular formula is C8H12N4O3. The van der Waals surface area contributed by atoms with Gasteiger partial charge >= 0.3 is 5.97 Å². The van der Waals surface area contributed by atoms with E-state index in [4.69, 9.17) is 5.11 Å². The highest BCUT2D eigenvalue weighted by atomic mass is 16.4. The third-order valence-electron chi connectivity index (χ3n) is 1.90. The minimum Gasteiger partial charge on any atom is -0.481 e. The number of amides is 1. The quantitative estimate of drug-likeness (QED) is 0.625. The van der Waals surface area contributed by atoms with Gasteiger partial charge in [-0.15, -0.1) is 0 Å². The van der Waals surface area contributed by atoms with Crippen LogP contribution in [0, 0.1) is 0 Å². The lowest BCUT2D eigenvalue weighted by atomic mass is 10.1. The van der Waals surface area contributed by atoms with E-state index in [1.54, 1.807) is 6.92 Å². The Morgan fingerprint density at radius 1 is 1.67 bits per heavy atom. The topological polar surface area (TPSA) is 108 Å². The van der Waals surface area contributed by atoms with Crippen molar-refractivity contribution in [1.29, 1.82) is 0 Å². The number of carboxylic acid groups (broad SMARTS) is 1. The van der Waals surface area contributed by atoms with Crippen molar-refractivity contribution in [2.24, 2.45) is 0 Å². The maximum absolute atomic E-state index is 11.4. The van der Waals surface area contributed by atoms with Crippen molar-refractivity contribution in [1.82, 2.24) is 20.7 Å². The third kappa shape index (κ3) is 3.37. The van der Waals surface area contributed by atoms with Crippen LogP contribution < -0.4 is 5.32 Å². The SMILES string of the molecule is CCC(CC(=O)O)NC(=O)c1cn[nH]n1. The summed E-state index contributed by atoms with van der Waals surface area (Å²) in [6.07, 6.45) is 1.73. The van der Waals surface area contributed by atoms with Crippen LogP contribution in [0.25, 0.3) is 0 Å². The number of H-pyrrole nitrogens is 1. The van der Waals surface area contributed by atoms with E-state index in [1.807, 2.05) is 0 Å². The van der Waals surface area contributed by atoms with E-state index in [2.05, 4.69) is 20.7 Å². The lowest BCUT2D eigenvalue weighted by Crippen LogP contribution is -2.36. The van der Waals surface area contributed by atoms with Gasteiger partial charge in [-0.3, -0.25) is 9.59 Å². The van der Waals surface area contributed by atoms with Crippen LogP contribution in [0.15, 0.2) is 6.20 Å². The van der Waals surface area contributed by atoms with Gasteiger partial charge in [0.25, 0.3) is 5.91 Å². The molecule has 1 heterocycles. The van der Waals surface area contributed by atoms with Gasteiger partial charge in [0.1, 0.15) is 0 Å².